The third kappa shape index (κ3) is 6.20. The van der Waals surface area contributed by atoms with Crippen LogP contribution in [-0.4, -0.2) is 24.3 Å². The first-order valence-corrected chi connectivity index (χ1v) is 9.49. The van der Waals surface area contributed by atoms with Gasteiger partial charge < -0.3 is 10.1 Å². The SMILES string of the molecule is Cc1cccc(C(C)C)c1NC(=O)COC(=O)CCC(=O)c1ccc(Cl)cc1. The number of nitrogens with one attached hydrogen (secondary N) is 1. The summed E-state index contributed by atoms with van der Waals surface area (Å²) in [6, 6.07) is 12.3. The molecule has 0 radical (unpaired) electrons. The van der Waals surface area contributed by atoms with Gasteiger partial charge in [-0.25, -0.2) is 0 Å². The van der Waals surface area contributed by atoms with Crippen LogP contribution in [0.4, 0.5) is 5.69 Å². The zero-order chi connectivity index (χ0) is 20.7. The van der Waals surface area contributed by atoms with Crippen molar-refractivity contribution in [1.82, 2.24) is 0 Å². The number of ether oxygens (including phenoxy) is 1. The zero-order valence-corrected chi connectivity index (χ0v) is 17.0. The average Bonchev–Trinajstić information content (AvgIpc) is 2.66. The van der Waals surface area contributed by atoms with E-state index in [1.807, 2.05) is 39.0 Å². The summed E-state index contributed by atoms with van der Waals surface area (Å²) in [6.07, 6.45) is -0.0757. The number of hydrogen-bond donors (Lipinski definition) is 1. The van der Waals surface area contributed by atoms with E-state index in [0.717, 1.165) is 16.8 Å². The molecule has 1 amide bonds. The van der Waals surface area contributed by atoms with Crippen LogP contribution in [0.5, 0.6) is 0 Å². The van der Waals surface area contributed by atoms with Crippen molar-refractivity contribution in [3.8, 4) is 0 Å². The molecule has 148 valence electrons. The molecule has 2 rings (SSSR count). The minimum absolute atomic E-state index is 0.0113. The molecule has 1 N–H and O–H groups in total. The first-order valence-electron chi connectivity index (χ1n) is 9.11. The number of anilines is 1. The molecule has 0 spiro atoms. The highest BCUT2D eigenvalue weighted by Gasteiger charge is 2.15. The Morgan fingerprint density at radius 2 is 1.71 bits per heavy atom. The number of rotatable bonds is 8. The molecule has 0 heterocycles. The van der Waals surface area contributed by atoms with Crippen molar-refractivity contribution in [1.29, 1.82) is 0 Å². The number of esters is 1. The molecule has 0 aliphatic carbocycles. The van der Waals surface area contributed by atoms with Crippen LogP contribution in [0.1, 0.15) is 54.1 Å². The number of benzene rings is 2. The minimum atomic E-state index is -0.591. The summed E-state index contributed by atoms with van der Waals surface area (Å²) in [4.78, 5) is 36.1. The van der Waals surface area contributed by atoms with Crippen molar-refractivity contribution in [2.45, 2.75) is 39.5 Å². The van der Waals surface area contributed by atoms with Gasteiger partial charge in [-0.1, -0.05) is 43.6 Å². The van der Waals surface area contributed by atoms with E-state index in [4.69, 9.17) is 16.3 Å². The van der Waals surface area contributed by atoms with Crippen molar-refractivity contribution in [3.63, 3.8) is 0 Å². The van der Waals surface area contributed by atoms with Crippen LogP contribution in [0.15, 0.2) is 42.5 Å². The number of carbonyl (C=O) groups excluding carboxylic acids is 3. The van der Waals surface area contributed by atoms with E-state index in [1.54, 1.807) is 24.3 Å². The van der Waals surface area contributed by atoms with Crippen molar-refractivity contribution < 1.29 is 19.1 Å². The Morgan fingerprint density at radius 3 is 2.36 bits per heavy atom. The van der Waals surface area contributed by atoms with E-state index in [9.17, 15) is 14.4 Å². The Balaban J connectivity index is 1.82. The average molecular weight is 402 g/mol. The molecule has 5 nitrogen and oxygen atoms in total. The van der Waals surface area contributed by atoms with Gasteiger partial charge >= 0.3 is 5.97 Å². The number of carbonyl (C=O) groups is 3. The summed E-state index contributed by atoms with van der Waals surface area (Å²) >= 11 is 5.79. The molecule has 0 bridgehead atoms. The van der Waals surface area contributed by atoms with E-state index in [1.165, 1.54) is 0 Å². The molecule has 0 aliphatic heterocycles. The van der Waals surface area contributed by atoms with Gasteiger partial charge in [0.25, 0.3) is 5.91 Å². The fourth-order valence-corrected chi connectivity index (χ4v) is 2.86. The second kappa shape index (κ2) is 10.0. The van der Waals surface area contributed by atoms with Crippen LogP contribution in [0.2, 0.25) is 5.02 Å². The molecule has 0 aromatic heterocycles. The third-order valence-corrected chi connectivity index (χ3v) is 4.53. The summed E-state index contributed by atoms with van der Waals surface area (Å²) in [7, 11) is 0. The molecule has 28 heavy (non-hydrogen) atoms. The molecule has 0 saturated heterocycles. The van der Waals surface area contributed by atoms with Crippen molar-refractivity contribution in [2.75, 3.05) is 11.9 Å². The van der Waals surface area contributed by atoms with Gasteiger partial charge in [0.05, 0.1) is 6.42 Å². The van der Waals surface area contributed by atoms with Crippen LogP contribution < -0.4 is 5.32 Å². The number of hydrogen-bond acceptors (Lipinski definition) is 4. The maximum absolute atomic E-state index is 12.2. The molecular formula is C22H24ClNO4. The van der Waals surface area contributed by atoms with E-state index >= 15 is 0 Å². The number of amides is 1. The first-order chi connectivity index (χ1) is 13.3. The van der Waals surface area contributed by atoms with Gasteiger partial charge in [0.1, 0.15) is 0 Å². The fourth-order valence-electron chi connectivity index (χ4n) is 2.73. The smallest absolute Gasteiger partial charge is 0.306 e. The maximum Gasteiger partial charge on any atom is 0.306 e. The van der Waals surface area contributed by atoms with Gasteiger partial charge in [-0.05, 0) is 48.2 Å². The lowest BCUT2D eigenvalue weighted by Crippen LogP contribution is -2.22. The number of aryl methyl sites for hydroxylation is 1. The van der Waals surface area contributed by atoms with E-state index in [2.05, 4.69) is 5.32 Å². The molecule has 0 atom stereocenters. The quantitative estimate of drug-likeness (QED) is 0.503. The van der Waals surface area contributed by atoms with Gasteiger partial charge in [0, 0.05) is 22.7 Å². The summed E-state index contributed by atoms with van der Waals surface area (Å²) in [5.74, 6) is -0.934. The molecule has 0 fully saturated rings. The highest BCUT2D eigenvalue weighted by molar-refractivity contribution is 6.30. The van der Waals surface area contributed by atoms with Crippen LogP contribution in [0.3, 0.4) is 0 Å². The van der Waals surface area contributed by atoms with Crippen LogP contribution in [-0.2, 0) is 14.3 Å². The highest BCUT2D eigenvalue weighted by atomic mass is 35.5. The highest BCUT2D eigenvalue weighted by Crippen LogP contribution is 2.27. The number of para-hydroxylation sites is 1. The lowest BCUT2D eigenvalue weighted by atomic mass is 9.98. The predicted molar refractivity (Wildman–Crippen MR) is 110 cm³/mol. The first kappa shape index (κ1) is 21.6. The molecule has 0 unspecified atom stereocenters. The monoisotopic (exact) mass is 401 g/mol. The van der Waals surface area contributed by atoms with E-state index in [-0.39, 0.29) is 31.1 Å². The van der Waals surface area contributed by atoms with Crippen molar-refractivity contribution in [3.05, 3.63) is 64.2 Å². The molecule has 0 saturated carbocycles. The van der Waals surface area contributed by atoms with Crippen LogP contribution in [0.25, 0.3) is 0 Å². The van der Waals surface area contributed by atoms with Gasteiger partial charge in [0.15, 0.2) is 12.4 Å². The summed E-state index contributed by atoms with van der Waals surface area (Å²) < 4.78 is 5.00. The summed E-state index contributed by atoms with van der Waals surface area (Å²) in [5.41, 5.74) is 3.19. The molecular weight excluding hydrogens is 378 g/mol. The van der Waals surface area contributed by atoms with Gasteiger partial charge in [-0.15, -0.1) is 0 Å². The minimum Gasteiger partial charge on any atom is -0.456 e. The third-order valence-electron chi connectivity index (χ3n) is 4.28. The number of Topliss-reactive ketones (excluding diaryl/α,β-unsaturated/α-hetero) is 1. The normalized spacial score (nSPS) is 10.6. The van der Waals surface area contributed by atoms with Crippen molar-refractivity contribution in [2.24, 2.45) is 0 Å². The maximum atomic E-state index is 12.2. The number of ketones is 1. The molecule has 6 heteroatoms. The Labute approximate surface area is 170 Å². The lowest BCUT2D eigenvalue weighted by molar-refractivity contribution is -0.147. The summed E-state index contributed by atoms with van der Waals surface area (Å²) in [6.45, 7) is 5.61. The van der Waals surface area contributed by atoms with Crippen molar-refractivity contribution >= 4 is 34.9 Å². The van der Waals surface area contributed by atoms with Gasteiger partial charge in [-0.2, -0.15) is 0 Å². The summed E-state index contributed by atoms with van der Waals surface area (Å²) in [5, 5.41) is 3.35. The van der Waals surface area contributed by atoms with Crippen LogP contribution >= 0.6 is 11.6 Å². The Hall–Kier alpha value is -2.66. The van der Waals surface area contributed by atoms with Gasteiger partial charge in [0.2, 0.25) is 0 Å². The lowest BCUT2D eigenvalue weighted by Gasteiger charge is -2.16. The number of halogens is 1. The standard InChI is InChI=1S/C22H24ClNO4/c1-14(2)18-6-4-5-15(3)22(18)24-20(26)13-28-21(27)12-11-19(25)16-7-9-17(23)10-8-16/h4-10,14H,11-13H2,1-3H3,(H,24,26). The molecule has 2 aromatic carbocycles. The predicted octanol–water partition coefficient (Wildman–Crippen LogP) is 4.92. The molecule has 0 aliphatic rings. The Kier molecular flexibility index (Phi) is 7.76. The van der Waals surface area contributed by atoms with E-state index < -0.39 is 11.9 Å². The largest absolute Gasteiger partial charge is 0.456 e. The van der Waals surface area contributed by atoms with Crippen LogP contribution in [0, 0.1) is 6.92 Å². The Morgan fingerprint density at radius 1 is 1.04 bits per heavy atom. The second-order valence-corrected chi connectivity index (χ2v) is 7.27. The fraction of sp³-hybridized carbons (Fsp3) is 0.318. The Bertz CT molecular complexity index is 859. The van der Waals surface area contributed by atoms with E-state index in [0.29, 0.717) is 10.6 Å². The topological polar surface area (TPSA) is 72.5 Å². The van der Waals surface area contributed by atoms with Gasteiger partial charge in [-0.3, -0.25) is 14.4 Å². The zero-order valence-electron chi connectivity index (χ0n) is 16.3. The molecule has 2 aromatic rings. The second-order valence-electron chi connectivity index (χ2n) is 6.83.